The molecule has 0 aromatic carbocycles. The van der Waals surface area contributed by atoms with Gasteiger partial charge in [0, 0.05) is 31.4 Å². The van der Waals surface area contributed by atoms with Crippen molar-refractivity contribution in [2.75, 3.05) is 13.1 Å². The van der Waals surface area contributed by atoms with Crippen molar-refractivity contribution in [2.24, 2.45) is 5.92 Å². The molecule has 5 heteroatoms. The first kappa shape index (κ1) is 13.5. The van der Waals surface area contributed by atoms with E-state index in [1.165, 1.54) is 0 Å². The Morgan fingerprint density at radius 2 is 2.26 bits per heavy atom. The topological polar surface area (TPSA) is 70.5 Å². The van der Waals surface area contributed by atoms with Crippen LogP contribution < -0.4 is 0 Å². The number of aliphatic carboxylic acids is 1. The van der Waals surface area contributed by atoms with Crippen molar-refractivity contribution < 1.29 is 14.7 Å². The predicted octanol–water partition coefficient (Wildman–Crippen LogP) is 1.34. The van der Waals surface area contributed by atoms with E-state index in [0.717, 1.165) is 18.5 Å². The third kappa shape index (κ3) is 3.77. The van der Waals surface area contributed by atoms with Crippen LogP contribution in [0.5, 0.6) is 0 Å². The second kappa shape index (κ2) is 6.31. The van der Waals surface area contributed by atoms with E-state index in [1.54, 1.807) is 11.1 Å². The highest BCUT2D eigenvalue weighted by Gasteiger charge is 2.30. The number of rotatable bonds is 5. The van der Waals surface area contributed by atoms with Gasteiger partial charge in [-0.25, -0.2) is 0 Å². The molecule has 1 aromatic rings. The first-order valence-electron chi connectivity index (χ1n) is 6.57. The lowest BCUT2D eigenvalue weighted by atomic mass is 10.1. The van der Waals surface area contributed by atoms with E-state index in [9.17, 15) is 9.59 Å². The summed E-state index contributed by atoms with van der Waals surface area (Å²) in [5, 5.41) is 8.89. The normalized spacial score (nSPS) is 18.5. The molecule has 1 N–H and O–H groups in total. The number of pyridine rings is 1. The Bertz CT molecular complexity index is 447. The van der Waals surface area contributed by atoms with E-state index in [4.69, 9.17) is 5.11 Å². The molecule has 1 fully saturated rings. The van der Waals surface area contributed by atoms with Crippen molar-refractivity contribution in [3.8, 4) is 0 Å². The summed E-state index contributed by atoms with van der Waals surface area (Å²) in [6.45, 7) is 0.928. The van der Waals surface area contributed by atoms with E-state index in [1.807, 2.05) is 18.2 Å². The lowest BCUT2D eigenvalue weighted by molar-refractivity contribution is -0.141. The standard InChI is InChI=1S/C14H18N2O3/c17-13(16-9-7-11(10-16)14(18)19)6-3-5-12-4-1-2-8-15-12/h1-2,4,8,11H,3,5-7,9-10H2,(H,18,19)/t11-/m0/s1. The zero-order valence-electron chi connectivity index (χ0n) is 10.8. The third-order valence-electron chi connectivity index (χ3n) is 3.44. The fourth-order valence-corrected chi connectivity index (χ4v) is 2.31. The number of carbonyl (C=O) groups excluding carboxylic acids is 1. The molecule has 0 unspecified atom stereocenters. The van der Waals surface area contributed by atoms with Crippen molar-refractivity contribution in [3.63, 3.8) is 0 Å². The third-order valence-corrected chi connectivity index (χ3v) is 3.44. The Hall–Kier alpha value is -1.91. The quantitative estimate of drug-likeness (QED) is 0.869. The van der Waals surface area contributed by atoms with Gasteiger partial charge < -0.3 is 10.0 Å². The maximum absolute atomic E-state index is 11.9. The number of hydrogen-bond donors (Lipinski definition) is 1. The molecule has 0 saturated carbocycles. The Balaban J connectivity index is 1.72. The summed E-state index contributed by atoms with van der Waals surface area (Å²) in [4.78, 5) is 28.6. The first-order valence-corrected chi connectivity index (χ1v) is 6.57. The summed E-state index contributed by atoms with van der Waals surface area (Å²) < 4.78 is 0. The highest BCUT2D eigenvalue weighted by atomic mass is 16.4. The number of amides is 1. The number of nitrogens with zero attached hydrogens (tertiary/aromatic N) is 2. The molecule has 0 aliphatic carbocycles. The molecule has 1 amide bonds. The molecule has 2 heterocycles. The van der Waals surface area contributed by atoms with E-state index in [2.05, 4.69) is 4.98 Å². The number of carbonyl (C=O) groups is 2. The molecule has 5 nitrogen and oxygen atoms in total. The van der Waals surface area contributed by atoms with Gasteiger partial charge in [-0.2, -0.15) is 0 Å². The van der Waals surface area contributed by atoms with Gasteiger partial charge in [0.25, 0.3) is 0 Å². The highest BCUT2D eigenvalue weighted by Crippen LogP contribution is 2.17. The van der Waals surface area contributed by atoms with Crippen LogP contribution in [0.25, 0.3) is 0 Å². The second-order valence-electron chi connectivity index (χ2n) is 4.84. The van der Waals surface area contributed by atoms with Crippen molar-refractivity contribution in [1.82, 2.24) is 9.88 Å². The average molecular weight is 262 g/mol. The van der Waals surface area contributed by atoms with E-state index in [0.29, 0.717) is 25.9 Å². The Morgan fingerprint density at radius 3 is 2.89 bits per heavy atom. The van der Waals surface area contributed by atoms with Gasteiger partial charge >= 0.3 is 5.97 Å². The number of aromatic nitrogens is 1. The van der Waals surface area contributed by atoms with Gasteiger partial charge in [0.2, 0.25) is 5.91 Å². The van der Waals surface area contributed by atoms with Crippen molar-refractivity contribution in [3.05, 3.63) is 30.1 Å². The first-order chi connectivity index (χ1) is 9.16. The number of carboxylic acids is 1. The lowest BCUT2D eigenvalue weighted by Gasteiger charge is -2.15. The van der Waals surface area contributed by atoms with Crippen LogP contribution in [0.15, 0.2) is 24.4 Å². The smallest absolute Gasteiger partial charge is 0.308 e. The lowest BCUT2D eigenvalue weighted by Crippen LogP contribution is -2.29. The molecule has 0 bridgehead atoms. The van der Waals surface area contributed by atoms with Gasteiger partial charge in [-0.15, -0.1) is 0 Å². The maximum Gasteiger partial charge on any atom is 0.308 e. The maximum atomic E-state index is 11.9. The van der Waals surface area contributed by atoms with Crippen LogP contribution in [-0.4, -0.2) is 40.0 Å². The fraction of sp³-hybridized carbons (Fsp3) is 0.500. The van der Waals surface area contributed by atoms with E-state index in [-0.39, 0.29) is 11.8 Å². The van der Waals surface area contributed by atoms with Gasteiger partial charge in [-0.05, 0) is 31.4 Å². The van der Waals surface area contributed by atoms with Gasteiger partial charge in [0.15, 0.2) is 0 Å². The molecule has 1 saturated heterocycles. The van der Waals surface area contributed by atoms with Crippen molar-refractivity contribution in [1.29, 1.82) is 0 Å². The zero-order chi connectivity index (χ0) is 13.7. The summed E-state index contributed by atoms with van der Waals surface area (Å²) in [5.41, 5.74) is 0.986. The molecule has 1 atom stereocenters. The van der Waals surface area contributed by atoms with Gasteiger partial charge in [0.05, 0.1) is 5.92 Å². The van der Waals surface area contributed by atoms with Gasteiger partial charge in [0.1, 0.15) is 0 Å². The fourth-order valence-electron chi connectivity index (χ4n) is 2.31. The van der Waals surface area contributed by atoms with E-state index >= 15 is 0 Å². The minimum Gasteiger partial charge on any atom is -0.481 e. The molecule has 2 rings (SSSR count). The molecule has 0 radical (unpaired) electrons. The summed E-state index contributed by atoms with van der Waals surface area (Å²) in [6, 6.07) is 5.74. The zero-order valence-corrected chi connectivity index (χ0v) is 10.8. The molecule has 1 aliphatic heterocycles. The van der Waals surface area contributed by atoms with Crippen LogP contribution >= 0.6 is 0 Å². The Labute approximate surface area is 112 Å². The van der Waals surface area contributed by atoms with Crippen LogP contribution in [0.2, 0.25) is 0 Å². The summed E-state index contributed by atoms with van der Waals surface area (Å²) in [7, 11) is 0. The van der Waals surface area contributed by atoms with E-state index < -0.39 is 5.97 Å². The SMILES string of the molecule is O=C(O)[C@H]1CCN(C(=O)CCCc2ccccn2)C1. The molecule has 0 spiro atoms. The highest BCUT2D eigenvalue weighted by molar-refractivity contribution is 5.78. The molecule has 1 aliphatic rings. The average Bonchev–Trinajstić information content (AvgIpc) is 2.89. The van der Waals surface area contributed by atoms with Crippen LogP contribution in [0.3, 0.4) is 0 Å². The van der Waals surface area contributed by atoms with Gasteiger partial charge in [-0.1, -0.05) is 6.07 Å². The molecule has 1 aromatic heterocycles. The molecule has 19 heavy (non-hydrogen) atoms. The number of carboxylic acid groups (broad SMARTS) is 1. The minimum absolute atomic E-state index is 0.0553. The summed E-state index contributed by atoms with van der Waals surface area (Å²) in [6.07, 6.45) is 4.31. The number of hydrogen-bond acceptors (Lipinski definition) is 3. The van der Waals surface area contributed by atoms with Gasteiger partial charge in [-0.3, -0.25) is 14.6 Å². The van der Waals surface area contributed by atoms with Crippen LogP contribution in [0.4, 0.5) is 0 Å². The monoisotopic (exact) mass is 262 g/mol. The number of aryl methyl sites for hydroxylation is 1. The minimum atomic E-state index is -0.802. The second-order valence-corrected chi connectivity index (χ2v) is 4.84. The molecule has 102 valence electrons. The predicted molar refractivity (Wildman–Crippen MR) is 69.5 cm³/mol. The summed E-state index contributed by atoms with van der Waals surface area (Å²) in [5.74, 6) is -1.14. The number of likely N-dealkylation sites (tertiary alicyclic amines) is 1. The Morgan fingerprint density at radius 1 is 1.42 bits per heavy atom. The van der Waals surface area contributed by atoms with Crippen molar-refractivity contribution in [2.45, 2.75) is 25.7 Å². The van der Waals surface area contributed by atoms with Crippen molar-refractivity contribution >= 4 is 11.9 Å². The largest absolute Gasteiger partial charge is 0.481 e. The molecular formula is C14H18N2O3. The van der Waals surface area contributed by atoms with Crippen LogP contribution in [-0.2, 0) is 16.0 Å². The Kier molecular flexibility index (Phi) is 4.49. The van der Waals surface area contributed by atoms with Crippen LogP contribution in [0.1, 0.15) is 25.0 Å². The van der Waals surface area contributed by atoms with Crippen LogP contribution in [0, 0.1) is 5.92 Å². The molecular weight excluding hydrogens is 244 g/mol. The summed E-state index contributed by atoms with van der Waals surface area (Å²) >= 11 is 0.